The first kappa shape index (κ1) is 19.5. The van der Waals surface area contributed by atoms with Gasteiger partial charge in [0.25, 0.3) is 5.91 Å². The summed E-state index contributed by atoms with van der Waals surface area (Å²) in [6.45, 7) is 2.58. The standard InChI is InChI=1S/C19H22ClN3O3S/c1-27(25,26)22-15-6-9-17(18(20)12-15)19(24)21-13-14-4-7-16(8-5-14)23-10-2-3-11-23/h4-9,12,22H,2-3,10-11,13H2,1H3,(H,21,24). The second-order valence-corrected chi connectivity index (χ2v) is 8.77. The van der Waals surface area contributed by atoms with Gasteiger partial charge in [0.2, 0.25) is 10.0 Å². The predicted octanol–water partition coefficient (Wildman–Crippen LogP) is 3.24. The quantitative estimate of drug-likeness (QED) is 0.770. The van der Waals surface area contributed by atoms with E-state index in [0.29, 0.717) is 17.8 Å². The van der Waals surface area contributed by atoms with Crippen LogP contribution in [0, 0.1) is 0 Å². The van der Waals surface area contributed by atoms with Gasteiger partial charge in [0.05, 0.1) is 16.8 Å². The zero-order valence-corrected chi connectivity index (χ0v) is 16.6. The molecular weight excluding hydrogens is 386 g/mol. The molecule has 2 aromatic rings. The van der Waals surface area contributed by atoms with Gasteiger partial charge in [-0.3, -0.25) is 9.52 Å². The molecule has 1 aliphatic heterocycles. The van der Waals surface area contributed by atoms with Crippen LogP contribution in [-0.2, 0) is 16.6 Å². The lowest BCUT2D eigenvalue weighted by atomic mass is 10.1. The lowest BCUT2D eigenvalue weighted by Crippen LogP contribution is -2.23. The van der Waals surface area contributed by atoms with E-state index in [-0.39, 0.29) is 10.9 Å². The number of rotatable bonds is 6. The summed E-state index contributed by atoms with van der Waals surface area (Å²) in [5.74, 6) is -0.311. The van der Waals surface area contributed by atoms with Crippen LogP contribution in [0.1, 0.15) is 28.8 Å². The van der Waals surface area contributed by atoms with Crippen LogP contribution in [0.5, 0.6) is 0 Å². The number of carbonyl (C=O) groups excluding carboxylic acids is 1. The molecule has 0 aliphatic carbocycles. The zero-order valence-electron chi connectivity index (χ0n) is 15.0. The molecule has 1 fully saturated rings. The molecule has 0 saturated carbocycles. The van der Waals surface area contributed by atoms with Crippen LogP contribution in [0.2, 0.25) is 5.02 Å². The Kier molecular flexibility index (Phi) is 5.92. The second-order valence-electron chi connectivity index (χ2n) is 6.61. The number of benzene rings is 2. The van der Waals surface area contributed by atoms with Crippen LogP contribution in [0.3, 0.4) is 0 Å². The number of hydrogen-bond acceptors (Lipinski definition) is 4. The number of amides is 1. The largest absolute Gasteiger partial charge is 0.372 e. The maximum absolute atomic E-state index is 12.4. The molecule has 3 rings (SSSR count). The first-order valence-electron chi connectivity index (χ1n) is 8.71. The lowest BCUT2D eigenvalue weighted by molar-refractivity contribution is 0.0951. The van der Waals surface area contributed by atoms with E-state index in [2.05, 4.69) is 27.1 Å². The van der Waals surface area contributed by atoms with Crippen molar-refractivity contribution < 1.29 is 13.2 Å². The van der Waals surface area contributed by atoms with Crippen LogP contribution in [0.15, 0.2) is 42.5 Å². The van der Waals surface area contributed by atoms with E-state index in [4.69, 9.17) is 11.6 Å². The molecule has 27 heavy (non-hydrogen) atoms. The number of nitrogens with zero attached hydrogens (tertiary/aromatic N) is 1. The van der Waals surface area contributed by atoms with Crippen LogP contribution in [-0.4, -0.2) is 33.7 Å². The number of nitrogens with one attached hydrogen (secondary N) is 2. The van der Waals surface area contributed by atoms with Crippen LogP contribution in [0.25, 0.3) is 0 Å². The summed E-state index contributed by atoms with van der Waals surface area (Å²) in [6.07, 6.45) is 3.52. The highest BCUT2D eigenvalue weighted by atomic mass is 35.5. The summed E-state index contributed by atoms with van der Waals surface area (Å²) >= 11 is 6.13. The third-order valence-corrected chi connectivity index (χ3v) is 5.30. The fourth-order valence-electron chi connectivity index (χ4n) is 3.05. The van der Waals surface area contributed by atoms with E-state index < -0.39 is 10.0 Å². The molecule has 2 aromatic carbocycles. The van der Waals surface area contributed by atoms with Gasteiger partial charge in [-0.1, -0.05) is 23.7 Å². The average Bonchev–Trinajstić information content (AvgIpc) is 3.13. The monoisotopic (exact) mass is 407 g/mol. The van der Waals surface area contributed by atoms with E-state index >= 15 is 0 Å². The van der Waals surface area contributed by atoms with E-state index in [1.165, 1.54) is 36.7 Å². The molecule has 0 atom stereocenters. The first-order chi connectivity index (χ1) is 12.8. The summed E-state index contributed by atoms with van der Waals surface area (Å²) in [5, 5.41) is 3.02. The minimum absolute atomic E-state index is 0.186. The van der Waals surface area contributed by atoms with Gasteiger partial charge in [0.15, 0.2) is 0 Å². The average molecular weight is 408 g/mol. The Balaban J connectivity index is 1.60. The molecule has 0 bridgehead atoms. The topological polar surface area (TPSA) is 78.5 Å². The van der Waals surface area contributed by atoms with Crippen molar-refractivity contribution in [2.75, 3.05) is 29.0 Å². The number of halogens is 1. The fraction of sp³-hybridized carbons (Fsp3) is 0.316. The van der Waals surface area contributed by atoms with E-state index in [9.17, 15) is 13.2 Å². The molecule has 1 aliphatic rings. The highest BCUT2D eigenvalue weighted by Crippen LogP contribution is 2.22. The summed E-state index contributed by atoms with van der Waals surface area (Å²) in [5.41, 5.74) is 2.82. The van der Waals surface area contributed by atoms with Crippen molar-refractivity contribution >= 4 is 38.9 Å². The van der Waals surface area contributed by atoms with Crippen molar-refractivity contribution in [3.05, 3.63) is 58.6 Å². The van der Waals surface area contributed by atoms with Crippen molar-refractivity contribution in [2.24, 2.45) is 0 Å². The Bertz CT molecular complexity index is 924. The van der Waals surface area contributed by atoms with Gasteiger partial charge in [-0.05, 0) is 48.7 Å². The number of hydrogen-bond donors (Lipinski definition) is 2. The molecule has 1 amide bonds. The summed E-state index contributed by atoms with van der Waals surface area (Å²) in [7, 11) is -3.40. The molecular formula is C19H22ClN3O3S. The minimum Gasteiger partial charge on any atom is -0.372 e. The summed E-state index contributed by atoms with van der Waals surface area (Å²) in [4.78, 5) is 14.7. The van der Waals surface area contributed by atoms with Crippen LogP contribution in [0.4, 0.5) is 11.4 Å². The van der Waals surface area contributed by atoms with Crippen molar-refractivity contribution in [1.82, 2.24) is 5.32 Å². The van der Waals surface area contributed by atoms with Crippen molar-refractivity contribution in [2.45, 2.75) is 19.4 Å². The Morgan fingerprint density at radius 2 is 1.78 bits per heavy atom. The molecule has 1 heterocycles. The summed E-state index contributed by atoms with van der Waals surface area (Å²) < 4.78 is 24.8. The van der Waals surface area contributed by atoms with Crippen molar-refractivity contribution in [3.8, 4) is 0 Å². The fourth-order valence-corrected chi connectivity index (χ4v) is 3.88. The van der Waals surface area contributed by atoms with Crippen molar-refractivity contribution in [1.29, 1.82) is 0 Å². The van der Waals surface area contributed by atoms with Gasteiger partial charge in [-0.25, -0.2) is 8.42 Å². The lowest BCUT2D eigenvalue weighted by Gasteiger charge is -2.17. The second kappa shape index (κ2) is 8.19. The van der Waals surface area contributed by atoms with Gasteiger partial charge in [0.1, 0.15) is 0 Å². The highest BCUT2D eigenvalue weighted by molar-refractivity contribution is 7.92. The molecule has 0 aromatic heterocycles. The maximum atomic E-state index is 12.4. The summed E-state index contributed by atoms with van der Waals surface area (Å²) in [6, 6.07) is 12.6. The Hall–Kier alpha value is -2.25. The van der Waals surface area contributed by atoms with Gasteiger partial charge in [0, 0.05) is 31.0 Å². The Labute approximate surface area is 164 Å². The third kappa shape index (κ3) is 5.37. The molecule has 6 nitrogen and oxygen atoms in total. The van der Waals surface area contributed by atoms with E-state index in [1.54, 1.807) is 0 Å². The smallest absolute Gasteiger partial charge is 0.253 e. The Morgan fingerprint density at radius 3 is 2.37 bits per heavy atom. The molecule has 8 heteroatoms. The predicted molar refractivity (Wildman–Crippen MR) is 109 cm³/mol. The molecule has 144 valence electrons. The first-order valence-corrected chi connectivity index (χ1v) is 11.0. The number of carbonyl (C=O) groups is 1. The van der Waals surface area contributed by atoms with Gasteiger partial charge >= 0.3 is 0 Å². The van der Waals surface area contributed by atoms with E-state index in [0.717, 1.165) is 24.9 Å². The minimum atomic E-state index is -3.40. The van der Waals surface area contributed by atoms with Crippen molar-refractivity contribution in [3.63, 3.8) is 0 Å². The van der Waals surface area contributed by atoms with Gasteiger partial charge in [-0.2, -0.15) is 0 Å². The van der Waals surface area contributed by atoms with Crippen LogP contribution < -0.4 is 14.9 Å². The maximum Gasteiger partial charge on any atom is 0.253 e. The van der Waals surface area contributed by atoms with E-state index in [1.807, 2.05) is 12.1 Å². The molecule has 0 radical (unpaired) electrons. The molecule has 0 unspecified atom stereocenters. The number of sulfonamides is 1. The van der Waals surface area contributed by atoms with Crippen LogP contribution >= 0.6 is 11.6 Å². The highest BCUT2D eigenvalue weighted by Gasteiger charge is 2.13. The normalized spacial score (nSPS) is 14.2. The molecule has 1 saturated heterocycles. The SMILES string of the molecule is CS(=O)(=O)Nc1ccc(C(=O)NCc2ccc(N3CCCC3)cc2)c(Cl)c1. The Morgan fingerprint density at radius 1 is 1.11 bits per heavy atom. The third-order valence-electron chi connectivity index (χ3n) is 4.38. The van der Waals surface area contributed by atoms with Gasteiger partial charge < -0.3 is 10.2 Å². The van der Waals surface area contributed by atoms with Gasteiger partial charge in [-0.15, -0.1) is 0 Å². The molecule has 0 spiro atoms. The zero-order chi connectivity index (χ0) is 19.4. The number of anilines is 2. The molecule has 2 N–H and O–H groups in total.